The summed E-state index contributed by atoms with van der Waals surface area (Å²) in [6.45, 7) is 4.55. The number of aryl methyl sites for hydroxylation is 1. The van der Waals surface area contributed by atoms with E-state index in [1.807, 2.05) is 49.6 Å². The molecule has 0 fully saturated rings. The maximum Gasteiger partial charge on any atom is 0.272 e. The Hall–Kier alpha value is -2.87. The SMILES string of the molecule is Cc1ccc(N=Nc2c(Cl)cc([N+](=O)[O-])cc2Cl)c(CCNCC[n+]2ccccc2)c1. The molecular formula is C22H22Cl2N5O2+. The van der Waals surface area contributed by atoms with Crippen LogP contribution in [0.2, 0.25) is 10.0 Å². The van der Waals surface area contributed by atoms with Crippen LogP contribution in [0.3, 0.4) is 0 Å². The molecule has 0 aliphatic heterocycles. The van der Waals surface area contributed by atoms with Crippen molar-refractivity contribution in [3.8, 4) is 0 Å². The molecule has 0 saturated heterocycles. The molecule has 3 rings (SSSR count). The highest BCUT2D eigenvalue weighted by Crippen LogP contribution is 2.38. The number of rotatable bonds is 9. The molecule has 0 spiro atoms. The number of non-ortho nitro benzene ring substituents is 1. The van der Waals surface area contributed by atoms with Gasteiger partial charge in [-0.3, -0.25) is 10.1 Å². The van der Waals surface area contributed by atoms with E-state index in [1.54, 1.807) is 0 Å². The van der Waals surface area contributed by atoms with Crippen LogP contribution in [0.5, 0.6) is 0 Å². The van der Waals surface area contributed by atoms with Crippen LogP contribution in [-0.4, -0.2) is 18.0 Å². The van der Waals surface area contributed by atoms with Gasteiger partial charge in [-0.05, 0) is 31.5 Å². The van der Waals surface area contributed by atoms with Gasteiger partial charge in [0.05, 0.1) is 27.2 Å². The number of nitro groups is 1. The molecule has 31 heavy (non-hydrogen) atoms. The molecule has 0 atom stereocenters. The van der Waals surface area contributed by atoms with E-state index in [0.717, 1.165) is 37.2 Å². The van der Waals surface area contributed by atoms with Crippen LogP contribution >= 0.6 is 23.2 Å². The molecule has 0 aliphatic carbocycles. The Labute approximate surface area is 190 Å². The van der Waals surface area contributed by atoms with Gasteiger partial charge in [0.2, 0.25) is 0 Å². The van der Waals surface area contributed by atoms with Crippen molar-refractivity contribution < 1.29 is 9.49 Å². The Balaban J connectivity index is 1.66. The number of nitrogens with zero attached hydrogens (tertiary/aromatic N) is 4. The molecular weight excluding hydrogens is 437 g/mol. The van der Waals surface area contributed by atoms with Crippen molar-refractivity contribution in [1.29, 1.82) is 0 Å². The highest BCUT2D eigenvalue weighted by Gasteiger charge is 2.14. The van der Waals surface area contributed by atoms with Crippen molar-refractivity contribution in [3.05, 3.63) is 92.2 Å². The molecule has 0 saturated carbocycles. The molecule has 1 heterocycles. The van der Waals surface area contributed by atoms with Gasteiger partial charge >= 0.3 is 0 Å². The molecule has 0 amide bonds. The average Bonchev–Trinajstić information content (AvgIpc) is 2.74. The second-order valence-electron chi connectivity index (χ2n) is 6.96. The number of halogens is 2. The molecule has 0 aliphatic rings. The summed E-state index contributed by atoms with van der Waals surface area (Å²) in [7, 11) is 0. The number of azo groups is 1. The van der Waals surface area contributed by atoms with Crippen LogP contribution in [0.25, 0.3) is 0 Å². The fraction of sp³-hybridized carbons (Fsp3) is 0.227. The standard InChI is InChI=1S/C22H22Cl2N5O2/c1-16-5-6-21(26-27-22-19(23)14-18(29(30)31)15-20(22)24)17(13-16)7-8-25-9-12-28-10-3-2-4-11-28/h2-6,10-11,13-15,25H,7-9,12H2,1H3/q+1. The zero-order valence-electron chi connectivity index (χ0n) is 17.0. The van der Waals surface area contributed by atoms with Crippen LogP contribution in [0.4, 0.5) is 17.1 Å². The third-order valence-electron chi connectivity index (χ3n) is 4.60. The monoisotopic (exact) mass is 458 g/mol. The molecule has 0 bridgehead atoms. The van der Waals surface area contributed by atoms with Crippen LogP contribution < -0.4 is 9.88 Å². The number of aromatic nitrogens is 1. The molecule has 3 aromatic rings. The predicted octanol–water partition coefficient (Wildman–Crippen LogP) is 5.75. The van der Waals surface area contributed by atoms with Gasteiger partial charge in [0.15, 0.2) is 18.9 Å². The Morgan fingerprint density at radius 3 is 2.42 bits per heavy atom. The second-order valence-corrected chi connectivity index (χ2v) is 7.78. The van der Waals surface area contributed by atoms with Crippen molar-refractivity contribution in [2.24, 2.45) is 10.2 Å². The van der Waals surface area contributed by atoms with Gasteiger partial charge in [-0.25, -0.2) is 4.57 Å². The van der Waals surface area contributed by atoms with E-state index in [4.69, 9.17) is 23.2 Å². The van der Waals surface area contributed by atoms with Gasteiger partial charge in [-0.1, -0.05) is 47.0 Å². The van der Waals surface area contributed by atoms with Gasteiger partial charge in [-0.15, -0.1) is 5.11 Å². The molecule has 1 N–H and O–H groups in total. The molecule has 9 heteroatoms. The van der Waals surface area contributed by atoms with E-state index in [-0.39, 0.29) is 21.4 Å². The average molecular weight is 459 g/mol. The number of hydrogen-bond donors (Lipinski definition) is 1. The van der Waals surface area contributed by atoms with E-state index < -0.39 is 4.92 Å². The fourth-order valence-electron chi connectivity index (χ4n) is 3.01. The first-order valence-corrected chi connectivity index (χ1v) is 10.5. The van der Waals surface area contributed by atoms with Gasteiger partial charge in [0.1, 0.15) is 5.69 Å². The minimum absolute atomic E-state index is 0.0803. The third kappa shape index (κ3) is 6.55. The van der Waals surface area contributed by atoms with Crippen molar-refractivity contribution in [2.75, 3.05) is 13.1 Å². The summed E-state index contributed by atoms with van der Waals surface area (Å²) in [4.78, 5) is 10.4. The largest absolute Gasteiger partial charge is 0.311 e. The predicted molar refractivity (Wildman–Crippen MR) is 122 cm³/mol. The Kier molecular flexibility index (Phi) is 8.06. The topological polar surface area (TPSA) is 83.8 Å². The summed E-state index contributed by atoms with van der Waals surface area (Å²) < 4.78 is 2.12. The maximum absolute atomic E-state index is 10.9. The molecule has 2 aromatic carbocycles. The highest BCUT2D eigenvalue weighted by atomic mass is 35.5. The minimum Gasteiger partial charge on any atom is -0.311 e. The van der Waals surface area contributed by atoms with Gasteiger partial charge < -0.3 is 5.32 Å². The Bertz CT molecular complexity index is 1070. The first-order valence-electron chi connectivity index (χ1n) is 9.73. The first-order chi connectivity index (χ1) is 14.9. The number of benzene rings is 2. The molecule has 0 unspecified atom stereocenters. The lowest BCUT2D eigenvalue weighted by atomic mass is 10.1. The lowest BCUT2D eigenvalue weighted by molar-refractivity contribution is -0.695. The lowest BCUT2D eigenvalue weighted by Gasteiger charge is -2.08. The van der Waals surface area contributed by atoms with Crippen molar-refractivity contribution in [3.63, 3.8) is 0 Å². The van der Waals surface area contributed by atoms with E-state index in [0.29, 0.717) is 5.69 Å². The minimum atomic E-state index is -0.555. The Morgan fingerprint density at radius 2 is 1.74 bits per heavy atom. The normalized spacial score (nSPS) is 11.2. The quantitative estimate of drug-likeness (QED) is 0.146. The summed E-state index contributed by atoms with van der Waals surface area (Å²) in [5.74, 6) is 0. The second kappa shape index (κ2) is 10.9. The van der Waals surface area contributed by atoms with E-state index in [9.17, 15) is 10.1 Å². The maximum atomic E-state index is 10.9. The van der Waals surface area contributed by atoms with Crippen molar-refractivity contribution >= 4 is 40.3 Å². The van der Waals surface area contributed by atoms with E-state index in [2.05, 4.69) is 26.2 Å². The summed E-state index contributed by atoms with van der Waals surface area (Å²) in [6, 6.07) is 14.4. The van der Waals surface area contributed by atoms with Crippen LogP contribution in [0, 0.1) is 17.0 Å². The summed E-state index contributed by atoms with van der Waals surface area (Å²) in [6.07, 6.45) is 4.85. The van der Waals surface area contributed by atoms with E-state index in [1.165, 1.54) is 12.1 Å². The van der Waals surface area contributed by atoms with Gasteiger partial charge in [-0.2, -0.15) is 5.11 Å². The highest BCUT2D eigenvalue weighted by molar-refractivity contribution is 6.39. The van der Waals surface area contributed by atoms with Gasteiger partial charge in [0.25, 0.3) is 5.69 Å². The molecule has 7 nitrogen and oxygen atoms in total. The Morgan fingerprint density at radius 1 is 1.03 bits per heavy atom. The number of nitro benzene ring substituents is 1. The van der Waals surface area contributed by atoms with Gasteiger partial charge in [0, 0.05) is 24.3 Å². The summed E-state index contributed by atoms with van der Waals surface area (Å²) in [5, 5.41) is 23.0. The number of hydrogen-bond acceptors (Lipinski definition) is 5. The molecule has 0 radical (unpaired) electrons. The van der Waals surface area contributed by atoms with Crippen LogP contribution in [-0.2, 0) is 13.0 Å². The van der Waals surface area contributed by atoms with Crippen LogP contribution in [0.1, 0.15) is 11.1 Å². The molecule has 160 valence electrons. The lowest BCUT2D eigenvalue weighted by Crippen LogP contribution is -2.38. The first kappa shape index (κ1) is 22.8. The van der Waals surface area contributed by atoms with E-state index >= 15 is 0 Å². The summed E-state index contributed by atoms with van der Waals surface area (Å²) in [5.41, 5.74) is 2.89. The zero-order valence-corrected chi connectivity index (χ0v) is 18.5. The zero-order chi connectivity index (χ0) is 22.2. The fourth-order valence-corrected chi connectivity index (χ4v) is 3.56. The van der Waals surface area contributed by atoms with Crippen molar-refractivity contribution in [1.82, 2.24) is 5.32 Å². The molecule has 1 aromatic heterocycles. The number of pyridine rings is 1. The van der Waals surface area contributed by atoms with Crippen molar-refractivity contribution in [2.45, 2.75) is 19.9 Å². The number of nitrogens with one attached hydrogen (secondary N) is 1. The van der Waals surface area contributed by atoms with Crippen LogP contribution in [0.15, 0.2) is 71.2 Å². The third-order valence-corrected chi connectivity index (χ3v) is 5.18. The summed E-state index contributed by atoms with van der Waals surface area (Å²) >= 11 is 12.2. The smallest absolute Gasteiger partial charge is 0.272 e.